The summed E-state index contributed by atoms with van der Waals surface area (Å²) in [5, 5.41) is 28.3. The Morgan fingerprint density at radius 1 is 0.397 bits per heavy atom. The van der Waals surface area contributed by atoms with E-state index >= 15 is 0 Å². The summed E-state index contributed by atoms with van der Waals surface area (Å²) in [6.07, 6.45) is 15.9. The van der Waals surface area contributed by atoms with Crippen molar-refractivity contribution in [2.24, 2.45) is 22.9 Å². The number of rotatable bonds is 26. The summed E-state index contributed by atoms with van der Waals surface area (Å²) in [5.74, 6) is 3.84. The highest BCUT2D eigenvalue weighted by Gasteiger charge is 2.34. The molecule has 0 spiro atoms. The average molecular weight is 1740 g/mol. The van der Waals surface area contributed by atoms with E-state index in [1.807, 2.05) is 111 Å². The van der Waals surface area contributed by atoms with Crippen molar-refractivity contribution in [3.05, 3.63) is 193 Å². The molecule has 126 heavy (non-hydrogen) atoms. The molecule has 668 valence electrons. The zero-order chi connectivity index (χ0) is 87.1. The minimum absolute atomic E-state index is 0.0201. The van der Waals surface area contributed by atoms with Crippen LogP contribution in [0, 0.1) is 20.8 Å². The van der Waals surface area contributed by atoms with Gasteiger partial charge in [0.25, 0.3) is 0 Å². The number of morpholine rings is 4. The zero-order valence-electron chi connectivity index (χ0n) is 72.3. The van der Waals surface area contributed by atoms with Crippen molar-refractivity contribution < 1.29 is 42.7 Å². The predicted molar refractivity (Wildman–Crippen MR) is 490 cm³/mol. The number of benzene rings is 4. The molecule has 4 unspecified atom stereocenters. The highest BCUT2D eigenvalue weighted by Crippen LogP contribution is 2.35. The monoisotopic (exact) mass is 1740 g/mol. The van der Waals surface area contributed by atoms with Gasteiger partial charge >= 0.3 is 12.2 Å². The number of amides is 2. The van der Waals surface area contributed by atoms with E-state index in [0.29, 0.717) is 123 Å². The maximum atomic E-state index is 12.2. The smallest absolute Gasteiger partial charge is 0.409 e. The molecule has 12 aromatic rings. The molecular formula is C91H118ClN25O9. The number of nitrogens with zero attached hydrogens (tertiary/aromatic N) is 20. The van der Waals surface area contributed by atoms with Crippen LogP contribution in [0.1, 0.15) is 29.5 Å². The number of hydrogen-bond donors (Lipinski definition) is 5. The first-order valence-corrected chi connectivity index (χ1v) is 44.3. The quantitative estimate of drug-likeness (QED) is 0.0322. The number of carbonyl (C=O) groups is 2. The molecule has 34 nitrogen and oxygen atoms in total. The fraction of sp³-hybridized carbons (Fsp3) is 0.451. The molecule has 0 radical (unpaired) electrons. The number of pyridine rings is 4. The molecule has 6 aliphatic rings. The van der Waals surface area contributed by atoms with E-state index in [2.05, 4.69) is 148 Å². The van der Waals surface area contributed by atoms with Crippen LogP contribution in [0.5, 0.6) is 0 Å². The third kappa shape index (κ3) is 22.8. The Morgan fingerprint density at radius 3 is 1.06 bits per heavy atom. The Morgan fingerprint density at radius 2 is 0.722 bits per heavy atom. The fourth-order valence-electron chi connectivity index (χ4n) is 16.4. The van der Waals surface area contributed by atoms with Crippen LogP contribution in [0.25, 0.3) is 66.4 Å². The maximum absolute atomic E-state index is 12.2. The summed E-state index contributed by atoms with van der Waals surface area (Å²) in [4.78, 5) is 59.2. The van der Waals surface area contributed by atoms with Gasteiger partial charge in [-0.25, -0.2) is 28.3 Å². The van der Waals surface area contributed by atoms with Crippen molar-refractivity contribution in [2.45, 2.75) is 58.0 Å². The molecule has 6 aliphatic heterocycles. The SMILES string of the molecule is Cc1ccc(-n2nc(N3CCOC(CN4CCN(C(=O)OCCCN)CC4)C3)c3ccncc32)cc1.Cc1ccc(-n2nc(N3CCOC(CNCCN)C3)c3ccncc32)cc1.Cc1ccc(-n2nc(N3CCOC(COCCN)C3)c3ccncc32)cc1.NCCCOC(=O)N1CCN(CC2CN(c3nn(-c4ccc(Cl)cc4)c4cnccc34)CCO2)CC1. The predicted octanol–water partition coefficient (Wildman–Crippen LogP) is 7.81. The first kappa shape index (κ1) is 89.7. The van der Waals surface area contributed by atoms with Crippen LogP contribution >= 0.6 is 11.6 Å². The third-order valence-corrected chi connectivity index (χ3v) is 23.4. The van der Waals surface area contributed by atoms with Gasteiger partial charge in [-0.05, 0) is 132 Å². The first-order chi connectivity index (χ1) is 61.8. The van der Waals surface area contributed by atoms with Crippen molar-refractivity contribution in [1.82, 2.24) is 84.0 Å². The number of carbonyl (C=O) groups excluding carboxylic acids is 2. The van der Waals surface area contributed by atoms with Crippen molar-refractivity contribution in [1.29, 1.82) is 0 Å². The molecule has 6 fully saturated rings. The number of anilines is 4. The Kier molecular flexibility index (Phi) is 31.6. The number of piperazine rings is 2. The molecule has 2 amide bonds. The lowest BCUT2D eigenvalue weighted by atomic mass is 10.2. The lowest BCUT2D eigenvalue weighted by Gasteiger charge is -2.39. The molecule has 4 atom stereocenters. The lowest BCUT2D eigenvalue weighted by Crippen LogP contribution is -2.53. The summed E-state index contributed by atoms with van der Waals surface area (Å²) < 4.78 is 48.0. The Hall–Kier alpha value is -11.1. The lowest BCUT2D eigenvalue weighted by molar-refractivity contribution is -0.0219. The number of halogens is 1. The Bertz CT molecular complexity index is 5100. The van der Waals surface area contributed by atoms with Crippen molar-refractivity contribution in [3.63, 3.8) is 0 Å². The summed E-state index contributed by atoms with van der Waals surface area (Å²) in [6, 6.07) is 40.9. The summed E-state index contributed by atoms with van der Waals surface area (Å²) in [7, 11) is 0. The number of aryl methyl sites for hydroxylation is 3. The van der Waals surface area contributed by atoms with E-state index < -0.39 is 0 Å². The van der Waals surface area contributed by atoms with E-state index in [4.69, 9.17) is 88.1 Å². The first-order valence-electron chi connectivity index (χ1n) is 43.9. The van der Waals surface area contributed by atoms with Crippen LogP contribution in [-0.4, -0.2) is 325 Å². The number of ether oxygens (including phenoxy) is 7. The number of hydrogen-bond acceptors (Lipinski definition) is 28. The number of nitrogens with two attached hydrogens (primary N) is 4. The van der Waals surface area contributed by atoms with Crippen LogP contribution in [0.15, 0.2) is 171 Å². The fourth-order valence-corrected chi connectivity index (χ4v) is 16.5. The molecule has 35 heteroatoms. The van der Waals surface area contributed by atoms with Gasteiger partial charge in [-0.1, -0.05) is 64.7 Å². The van der Waals surface area contributed by atoms with Gasteiger partial charge in [0, 0.05) is 195 Å². The minimum Gasteiger partial charge on any atom is -0.449 e. The molecular weight excluding hydrogens is 1620 g/mol. The highest BCUT2D eigenvalue weighted by atomic mass is 35.5. The zero-order valence-corrected chi connectivity index (χ0v) is 73.1. The number of fused-ring (bicyclic) bond motifs is 4. The van der Waals surface area contributed by atoms with E-state index in [-0.39, 0.29) is 36.6 Å². The Balaban J connectivity index is 0.000000131. The molecule has 8 aromatic heterocycles. The van der Waals surface area contributed by atoms with E-state index in [0.717, 1.165) is 194 Å². The Labute approximate surface area is 739 Å². The van der Waals surface area contributed by atoms with Crippen LogP contribution in [-0.2, 0) is 33.2 Å². The summed E-state index contributed by atoms with van der Waals surface area (Å²) in [6.45, 7) is 28.3. The van der Waals surface area contributed by atoms with Gasteiger partial charge in [0.05, 0.1) is 147 Å². The van der Waals surface area contributed by atoms with Gasteiger partial charge in [-0.3, -0.25) is 29.7 Å². The topological polar surface area (TPSA) is 364 Å². The van der Waals surface area contributed by atoms with Gasteiger partial charge in [0.2, 0.25) is 0 Å². The molecule has 9 N–H and O–H groups in total. The van der Waals surface area contributed by atoms with Crippen LogP contribution in [0.2, 0.25) is 5.02 Å². The van der Waals surface area contributed by atoms with Crippen molar-refractivity contribution in [3.8, 4) is 22.7 Å². The summed E-state index contributed by atoms with van der Waals surface area (Å²) >= 11 is 6.09. The van der Waals surface area contributed by atoms with Gasteiger partial charge in [-0.15, -0.1) is 20.4 Å². The molecule has 0 bridgehead atoms. The van der Waals surface area contributed by atoms with Crippen LogP contribution in [0.3, 0.4) is 0 Å². The van der Waals surface area contributed by atoms with Crippen molar-refractivity contribution in [2.75, 3.05) is 230 Å². The van der Waals surface area contributed by atoms with E-state index in [1.54, 1.807) is 16.0 Å². The highest BCUT2D eigenvalue weighted by molar-refractivity contribution is 6.30. The summed E-state index contributed by atoms with van der Waals surface area (Å²) in [5.41, 5.74) is 33.7. The van der Waals surface area contributed by atoms with Crippen molar-refractivity contribution >= 4 is 90.7 Å². The maximum Gasteiger partial charge on any atom is 0.409 e. The van der Waals surface area contributed by atoms with E-state index in [9.17, 15) is 9.59 Å². The third-order valence-electron chi connectivity index (χ3n) is 23.1. The molecule has 18 rings (SSSR count). The largest absolute Gasteiger partial charge is 0.449 e. The van der Waals surface area contributed by atoms with Gasteiger partial charge in [-0.2, -0.15) is 0 Å². The minimum atomic E-state index is -0.249. The van der Waals surface area contributed by atoms with E-state index in [1.165, 1.54) is 16.7 Å². The number of nitrogens with one attached hydrogen (secondary N) is 1. The normalized spacial score (nSPS) is 18.4. The average Bonchev–Trinajstić information content (AvgIpc) is 1.64. The van der Waals surface area contributed by atoms with Gasteiger partial charge in [0.1, 0.15) is 0 Å². The molecule has 4 aromatic carbocycles. The molecule has 6 saturated heterocycles. The molecule has 0 saturated carbocycles. The van der Waals surface area contributed by atoms with Gasteiger partial charge < -0.3 is 90.8 Å². The second-order valence-corrected chi connectivity index (χ2v) is 32.6. The van der Waals surface area contributed by atoms with Crippen LogP contribution < -0.4 is 47.9 Å². The second kappa shape index (κ2) is 44.4. The number of aromatic nitrogens is 12. The molecule has 14 heterocycles. The van der Waals surface area contributed by atoms with Gasteiger partial charge in [0.15, 0.2) is 23.3 Å². The van der Waals surface area contributed by atoms with Crippen LogP contribution in [0.4, 0.5) is 32.9 Å². The standard InChI is InChI=1S/C26H35N7O3.C25H32ClN7O3.C20H26N6O.C20H25N5O2/c1-20-3-5-21(6-4-20)33-24-17-28-9-7-23(24)25(29-33)32-14-16-35-22(19-32)18-30-10-12-31(13-11-30)26(34)36-15-2-8-27;26-19-2-4-20(5-3-19)33-23-16-28-8-6-22(23)24(29-33)32-13-15-35-21(18-32)17-30-9-11-31(12-10-30)25(34)36-14-1-7-27;1-15-2-4-16(5-3-15)26-19-13-22-8-6-18(19)20(24-26)25-10-11-27-17(14-25)12-23-9-7-21;1-15-2-4-16(5-3-15)25-19-12-22-8-6-18(19)20(23-25)24-9-11-27-17(13-24)14-26-10-7-21/h3-7,9,17,22H,2,8,10-16,18-19,27H2,1H3;2-6,8,16,21H,1,7,9-15,17-18,27H2;2-6,8,13,17,23H,7,9-12,14,21H2,1H3;2-6,8,12,17H,7,9-11,13-14,21H2,1H3. The molecule has 0 aliphatic carbocycles. The second-order valence-electron chi connectivity index (χ2n) is 32.2.